The number of para-hydroxylation sites is 1. The number of hydrogen-bond donors (Lipinski definition) is 1. The third-order valence-electron chi connectivity index (χ3n) is 6.50. The van der Waals surface area contributed by atoms with Crippen LogP contribution in [0.25, 0.3) is 10.9 Å². The van der Waals surface area contributed by atoms with Gasteiger partial charge >= 0.3 is 0 Å². The number of aromatic nitrogens is 1. The van der Waals surface area contributed by atoms with E-state index in [0.29, 0.717) is 5.76 Å². The number of nitrogens with one attached hydrogen (secondary N) is 1. The monoisotopic (exact) mass is 364 g/mol. The van der Waals surface area contributed by atoms with E-state index in [1.54, 1.807) is 13.4 Å². The number of hydrogen-bond acceptors (Lipinski definition) is 3. The summed E-state index contributed by atoms with van der Waals surface area (Å²) in [6, 6.07) is 8.20. The second kappa shape index (κ2) is 5.91. The van der Waals surface area contributed by atoms with Gasteiger partial charge in [-0.05, 0) is 37.0 Å². The predicted octanol–water partition coefficient (Wildman–Crippen LogP) is 3.69. The van der Waals surface area contributed by atoms with Crippen LogP contribution in [0, 0.1) is 11.8 Å². The van der Waals surface area contributed by atoms with Crippen molar-refractivity contribution < 1.29 is 14.3 Å². The minimum atomic E-state index is -0.154. The number of H-pyrrole nitrogens is 1. The van der Waals surface area contributed by atoms with Gasteiger partial charge in [-0.1, -0.05) is 24.8 Å². The van der Waals surface area contributed by atoms with Crippen LogP contribution < -0.4 is 0 Å². The molecule has 1 fully saturated rings. The van der Waals surface area contributed by atoms with Crippen molar-refractivity contribution in [1.82, 2.24) is 9.88 Å². The summed E-state index contributed by atoms with van der Waals surface area (Å²) in [4.78, 5) is 19.2. The lowest BCUT2D eigenvalue weighted by atomic mass is 9.73. The molecular weight excluding hydrogens is 340 g/mol. The minimum Gasteiger partial charge on any atom is -0.500 e. The molecule has 27 heavy (non-hydrogen) atoms. The van der Waals surface area contributed by atoms with Crippen molar-refractivity contribution in [3.63, 3.8) is 0 Å². The fraction of sp³-hybridized carbons (Fsp3) is 0.409. The zero-order chi connectivity index (χ0) is 18.7. The van der Waals surface area contributed by atoms with Gasteiger partial charge in [-0.25, -0.2) is 0 Å². The van der Waals surface area contributed by atoms with Crippen LogP contribution in [0.3, 0.4) is 0 Å². The first kappa shape index (κ1) is 16.5. The Hall–Kier alpha value is -2.69. The van der Waals surface area contributed by atoms with E-state index in [1.807, 2.05) is 17.9 Å². The molecule has 4 heterocycles. The molecule has 5 atom stereocenters. The van der Waals surface area contributed by atoms with E-state index in [0.717, 1.165) is 24.1 Å². The highest BCUT2D eigenvalue weighted by atomic mass is 16.5. The fourth-order valence-corrected chi connectivity index (χ4v) is 5.18. The quantitative estimate of drug-likeness (QED) is 0.827. The minimum absolute atomic E-state index is 0.00162. The molecule has 3 aliphatic heterocycles. The Labute approximate surface area is 158 Å². The number of benzene rings is 1. The summed E-state index contributed by atoms with van der Waals surface area (Å²) in [5.41, 5.74) is 3.57. The summed E-state index contributed by atoms with van der Waals surface area (Å²) in [5, 5.41) is 1.23. The van der Waals surface area contributed by atoms with E-state index in [-0.39, 0.29) is 35.9 Å². The van der Waals surface area contributed by atoms with Crippen LogP contribution in [0.1, 0.15) is 30.6 Å². The summed E-state index contributed by atoms with van der Waals surface area (Å²) >= 11 is 0. The third-order valence-corrected chi connectivity index (χ3v) is 6.50. The number of ether oxygens (including phenoxy) is 2. The number of aromatic amines is 1. The Morgan fingerprint density at radius 3 is 3.00 bits per heavy atom. The number of methoxy groups -OCH3 is 1. The Bertz CT molecular complexity index is 960. The number of carbonyl (C=O) groups is 1. The predicted molar refractivity (Wildman–Crippen MR) is 103 cm³/mol. The molecule has 5 heteroatoms. The van der Waals surface area contributed by atoms with Gasteiger partial charge in [0.15, 0.2) is 0 Å². The van der Waals surface area contributed by atoms with Crippen LogP contribution in [-0.2, 0) is 20.7 Å². The van der Waals surface area contributed by atoms with E-state index in [2.05, 4.69) is 35.8 Å². The van der Waals surface area contributed by atoms with Crippen molar-refractivity contribution in [3.8, 4) is 0 Å². The van der Waals surface area contributed by atoms with Crippen LogP contribution >= 0.6 is 0 Å². The lowest BCUT2D eigenvalue weighted by Gasteiger charge is -2.50. The van der Waals surface area contributed by atoms with Crippen LogP contribution in [0.5, 0.6) is 0 Å². The molecule has 5 rings (SSSR count). The number of amides is 1. The molecule has 2 aromatic rings. The van der Waals surface area contributed by atoms with E-state index in [1.165, 1.54) is 10.9 Å². The van der Waals surface area contributed by atoms with Gasteiger partial charge in [0.2, 0.25) is 5.91 Å². The van der Waals surface area contributed by atoms with Crippen molar-refractivity contribution in [1.29, 1.82) is 0 Å². The standard InChI is InChI=1S/C22H24N2O3/c1-12(26-3)18-11-16-15-6-4-5-7-17(15)23-21(16)19-10-14-8-9-27-13(2)20(14)22(25)24(18)19/h4-9,13-14,18-20,23H,1,10-11H2,2-3H3/t13-,14-,18-,19-,20-/m0/s1. The number of allylic oxidation sites excluding steroid dienone is 1. The first-order valence-corrected chi connectivity index (χ1v) is 9.56. The molecule has 0 bridgehead atoms. The Morgan fingerprint density at radius 2 is 2.19 bits per heavy atom. The van der Waals surface area contributed by atoms with Gasteiger partial charge in [-0.15, -0.1) is 0 Å². The maximum atomic E-state index is 13.6. The number of piperidine rings is 1. The van der Waals surface area contributed by atoms with Crippen molar-refractivity contribution >= 4 is 16.8 Å². The molecule has 1 aromatic carbocycles. The Balaban J connectivity index is 1.67. The van der Waals surface area contributed by atoms with E-state index >= 15 is 0 Å². The average Bonchev–Trinajstić information content (AvgIpc) is 3.06. The molecule has 3 aliphatic rings. The van der Waals surface area contributed by atoms with E-state index in [4.69, 9.17) is 9.47 Å². The summed E-state index contributed by atoms with van der Waals surface area (Å²) < 4.78 is 11.2. The molecule has 1 N–H and O–H groups in total. The summed E-state index contributed by atoms with van der Waals surface area (Å²) in [7, 11) is 1.63. The molecule has 1 aromatic heterocycles. The normalized spacial score (nSPS) is 31.7. The average molecular weight is 364 g/mol. The van der Waals surface area contributed by atoms with Crippen molar-refractivity contribution in [2.24, 2.45) is 11.8 Å². The molecule has 5 nitrogen and oxygen atoms in total. The smallest absolute Gasteiger partial charge is 0.231 e. The highest BCUT2D eigenvalue weighted by molar-refractivity contribution is 5.88. The molecule has 0 unspecified atom stereocenters. The number of rotatable bonds is 2. The Kier molecular flexibility index (Phi) is 3.61. The van der Waals surface area contributed by atoms with Crippen LogP contribution in [-0.4, -0.2) is 35.0 Å². The Morgan fingerprint density at radius 1 is 1.37 bits per heavy atom. The highest BCUT2D eigenvalue weighted by Gasteiger charge is 2.51. The van der Waals surface area contributed by atoms with Crippen LogP contribution in [0.4, 0.5) is 0 Å². The molecular formula is C22H24N2O3. The van der Waals surface area contributed by atoms with Gasteiger partial charge in [0.05, 0.1) is 31.4 Å². The van der Waals surface area contributed by atoms with Crippen molar-refractivity contribution in [2.45, 2.75) is 38.0 Å². The second-order valence-corrected chi connectivity index (χ2v) is 7.81. The summed E-state index contributed by atoms with van der Waals surface area (Å²) in [6.45, 7) is 6.10. The maximum Gasteiger partial charge on any atom is 0.231 e. The molecule has 1 amide bonds. The molecule has 0 radical (unpaired) electrons. The third kappa shape index (κ3) is 2.27. The van der Waals surface area contributed by atoms with Crippen LogP contribution in [0.15, 0.2) is 48.9 Å². The summed E-state index contributed by atoms with van der Waals surface area (Å²) in [6.07, 6.45) is 5.30. The lowest BCUT2D eigenvalue weighted by Crippen LogP contribution is -2.57. The zero-order valence-electron chi connectivity index (χ0n) is 15.6. The van der Waals surface area contributed by atoms with E-state index in [9.17, 15) is 4.79 Å². The largest absolute Gasteiger partial charge is 0.500 e. The van der Waals surface area contributed by atoms with Gasteiger partial charge < -0.3 is 19.4 Å². The molecule has 0 spiro atoms. The topological polar surface area (TPSA) is 54.6 Å². The summed E-state index contributed by atoms with van der Waals surface area (Å²) in [5.74, 6) is 0.823. The lowest BCUT2D eigenvalue weighted by molar-refractivity contribution is -0.155. The first-order valence-electron chi connectivity index (χ1n) is 9.56. The van der Waals surface area contributed by atoms with Crippen molar-refractivity contribution in [2.75, 3.05) is 7.11 Å². The van der Waals surface area contributed by atoms with Gasteiger partial charge in [-0.2, -0.15) is 0 Å². The van der Waals surface area contributed by atoms with Crippen molar-refractivity contribution in [3.05, 3.63) is 60.2 Å². The van der Waals surface area contributed by atoms with Gasteiger partial charge in [0.25, 0.3) is 0 Å². The SMILES string of the molecule is C=C(OC)[C@@H]1Cc2c([nH]c3ccccc23)[C@@H]2C[C@@H]3C=CO[C@@H](C)[C@@H]3C(=O)N12. The maximum absolute atomic E-state index is 13.6. The highest BCUT2D eigenvalue weighted by Crippen LogP contribution is 2.48. The van der Waals surface area contributed by atoms with Gasteiger partial charge in [0.1, 0.15) is 11.9 Å². The second-order valence-electron chi connectivity index (χ2n) is 7.81. The van der Waals surface area contributed by atoms with Gasteiger partial charge in [-0.3, -0.25) is 4.79 Å². The van der Waals surface area contributed by atoms with Crippen LogP contribution in [0.2, 0.25) is 0 Å². The molecule has 0 aliphatic carbocycles. The number of fused-ring (bicyclic) bond motifs is 6. The van der Waals surface area contributed by atoms with E-state index < -0.39 is 0 Å². The number of carbonyl (C=O) groups excluding carboxylic acids is 1. The van der Waals surface area contributed by atoms with Gasteiger partial charge in [0, 0.05) is 23.0 Å². The molecule has 1 saturated heterocycles. The number of nitrogens with zero attached hydrogens (tertiary/aromatic N) is 1. The fourth-order valence-electron chi connectivity index (χ4n) is 5.18. The zero-order valence-corrected chi connectivity index (χ0v) is 15.6. The molecule has 140 valence electrons. The molecule has 0 saturated carbocycles. The first-order chi connectivity index (χ1) is 13.1.